The summed E-state index contributed by atoms with van der Waals surface area (Å²) < 4.78 is 18.5. The fourth-order valence-electron chi connectivity index (χ4n) is 2.92. The van der Waals surface area contributed by atoms with Crippen molar-refractivity contribution >= 4 is 11.8 Å². The summed E-state index contributed by atoms with van der Waals surface area (Å²) in [7, 11) is 0. The van der Waals surface area contributed by atoms with Gasteiger partial charge >= 0.3 is 0 Å². The van der Waals surface area contributed by atoms with Gasteiger partial charge < -0.3 is 15.0 Å². The molecule has 6 heteroatoms. The first-order chi connectivity index (χ1) is 14.0. The van der Waals surface area contributed by atoms with Gasteiger partial charge in [-0.15, -0.1) is 0 Å². The van der Waals surface area contributed by atoms with Crippen molar-refractivity contribution in [2.24, 2.45) is 0 Å². The average molecular weight is 400 g/mol. The Morgan fingerprint density at radius 1 is 1.07 bits per heavy atom. The van der Waals surface area contributed by atoms with Crippen LogP contribution in [0.3, 0.4) is 0 Å². The summed E-state index contributed by atoms with van der Waals surface area (Å²) in [6.45, 7) is 5.58. The maximum atomic E-state index is 13.2. The zero-order valence-corrected chi connectivity index (χ0v) is 17.1. The summed E-state index contributed by atoms with van der Waals surface area (Å²) in [4.78, 5) is 27.1. The molecular formula is C23H29FN2O3. The van der Waals surface area contributed by atoms with Crippen molar-refractivity contribution in [3.05, 3.63) is 71.5 Å². The van der Waals surface area contributed by atoms with E-state index in [-0.39, 0.29) is 30.6 Å². The van der Waals surface area contributed by atoms with E-state index in [0.717, 1.165) is 11.1 Å². The largest absolute Gasteiger partial charge is 0.382 e. The van der Waals surface area contributed by atoms with E-state index >= 15 is 0 Å². The number of hydrogen-bond donors (Lipinski definition) is 1. The zero-order chi connectivity index (χ0) is 21.1. The predicted octanol–water partition coefficient (Wildman–Crippen LogP) is 3.33. The third-order valence-electron chi connectivity index (χ3n) is 4.60. The molecule has 0 saturated heterocycles. The number of ether oxygens (including phenoxy) is 1. The van der Waals surface area contributed by atoms with Gasteiger partial charge in [0.15, 0.2) is 0 Å². The summed E-state index contributed by atoms with van der Waals surface area (Å²) in [6.07, 6.45) is 0.909. The molecule has 0 aliphatic carbocycles. The summed E-state index contributed by atoms with van der Waals surface area (Å²) in [5.41, 5.74) is 1.65. The third-order valence-corrected chi connectivity index (χ3v) is 4.60. The molecule has 0 bridgehead atoms. The minimum atomic E-state index is -0.650. The van der Waals surface area contributed by atoms with Crippen molar-refractivity contribution in [3.8, 4) is 0 Å². The van der Waals surface area contributed by atoms with Crippen LogP contribution in [-0.4, -0.2) is 42.5 Å². The molecule has 0 aliphatic heterocycles. The van der Waals surface area contributed by atoms with Gasteiger partial charge in [-0.3, -0.25) is 9.59 Å². The van der Waals surface area contributed by atoms with Crippen molar-refractivity contribution in [1.82, 2.24) is 10.2 Å². The number of hydrogen-bond acceptors (Lipinski definition) is 3. The zero-order valence-electron chi connectivity index (χ0n) is 17.1. The van der Waals surface area contributed by atoms with Gasteiger partial charge in [0.25, 0.3) is 0 Å². The Bertz CT molecular complexity index is 765. The highest BCUT2D eigenvalue weighted by atomic mass is 19.1. The fourth-order valence-corrected chi connectivity index (χ4v) is 2.92. The highest BCUT2D eigenvalue weighted by Crippen LogP contribution is 2.13. The van der Waals surface area contributed by atoms with Crippen LogP contribution in [0.1, 0.15) is 31.4 Å². The molecule has 0 saturated carbocycles. The molecule has 2 rings (SSSR count). The second-order valence-electron chi connectivity index (χ2n) is 6.83. The number of halogens is 1. The van der Waals surface area contributed by atoms with Crippen LogP contribution in [0.15, 0.2) is 54.6 Å². The smallest absolute Gasteiger partial charge is 0.242 e. The molecule has 0 spiro atoms. The molecule has 0 radical (unpaired) electrons. The summed E-state index contributed by atoms with van der Waals surface area (Å²) in [5.74, 6) is -0.710. The van der Waals surface area contributed by atoms with Gasteiger partial charge in [0.05, 0.1) is 6.42 Å². The molecule has 0 aromatic heterocycles. The van der Waals surface area contributed by atoms with Crippen LogP contribution >= 0.6 is 0 Å². The van der Waals surface area contributed by atoms with E-state index in [2.05, 4.69) is 5.32 Å². The number of amides is 2. The minimum Gasteiger partial charge on any atom is -0.382 e. The van der Waals surface area contributed by atoms with Crippen LogP contribution < -0.4 is 5.32 Å². The van der Waals surface area contributed by atoms with E-state index in [4.69, 9.17) is 4.74 Å². The highest BCUT2D eigenvalue weighted by molar-refractivity contribution is 5.88. The Morgan fingerprint density at radius 3 is 2.41 bits per heavy atom. The van der Waals surface area contributed by atoms with Crippen LogP contribution in [0, 0.1) is 5.82 Å². The number of rotatable bonds is 11. The van der Waals surface area contributed by atoms with Gasteiger partial charge in [-0.05, 0) is 43.5 Å². The van der Waals surface area contributed by atoms with E-state index in [1.807, 2.05) is 37.3 Å². The maximum Gasteiger partial charge on any atom is 0.242 e. The van der Waals surface area contributed by atoms with Crippen molar-refractivity contribution in [3.63, 3.8) is 0 Å². The number of nitrogens with one attached hydrogen (secondary N) is 1. The minimum absolute atomic E-state index is 0.155. The Kier molecular flexibility index (Phi) is 9.31. The first-order valence-electron chi connectivity index (χ1n) is 9.94. The molecule has 0 fully saturated rings. The van der Waals surface area contributed by atoms with E-state index in [1.54, 1.807) is 19.1 Å². The number of carbonyl (C=O) groups is 2. The predicted molar refractivity (Wildman–Crippen MR) is 111 cm³/mol. The molecule has 1 N–H and O–H groups in total. The van der Waals surface area contributed by atoms with Crippen LogP contribution in [-0.2, 0) is 27.3 Å². The molecule has 0 aliphatic rings. The molecule has 2 aromatic rings. The Labute approximate surface area is 171 Å². The normalized spacial score (nSPS) is 11.7. The van der Waals surface area contributed by atoms with Crippen molar-refractivity contribution < 1.29 is 18.7 Å². The lowest BCUT2D eigenvalue weighted by atomic mass is 10.1. The van der Waals surface area contributed by atoms with Crippen LogP contribution in [0.2, 0.25) is 0 Å². The van der Waals surface area contributed by atoms with E-state index < -0.39 is 6.04 Å². The van der Waals surface area contributed by atoms with E-state index in [0.29, 0.717) is 26.2 Å². The van der Waals surface area contributed by atoms with E-state index in [1.165, 1.54) is 17.0 Å². The first kappa shape index (κ1) is 22.6. The lowest BCUT2D eigenvalue weighted by molar-refractivity contribution is -0.140. The fraction of sp³-hybridized carbons (Fsp3) is 0.391. The second kappa shape index (κ2) is 12.0. The quantitative estimate of drug-likeness (QED) is 0.589. The van der Waals surface area contributed by atoms with Gasteiger partial charge in [0.2, 0.25) is 11.8 Å². The Balaban J connectivity index is 2.06. The molecule has 0 unspecified atom stereocenters. The third kappa shape index (κ3) is 7.66. The first-order valence-corrected chi connectivity index (χ1v) is 9.94. The monoisotopic (exact) mass is 400 g/mol. The van der Waals surface area contributed by atoms with Crippen molar-refractivity contribution in [2.75, 3.05) is 19.8 Å². The Hall–Kier alpha value is -2.73. The van der Waals surface area contributed by atoms with Crippen LogP contribution in [0.4, 0.5) is 4.39 Å². The standard InChI is InChI=1S/C23H29FN2O3/c1-3-29-15-7-14-25-23(28)18(2)26(17-20-10-12-21(24)13-11-20)22(27)16-19-8-5-4-6-9-19/h4-6,8-13,18H,3,7,14-17H2,1-2H3,(H,25,28)/t18-/m1/s1. The van der Waals surface area contributed by atoms with Gasteiger partial charge in [-0.25, -0.2) is 4.39 Å². The van der Waals surface area contributed by atoms with E-state index in [9.17, 15) is 14.0 Å². The number of carbonyl (C=O) groups excluding carboxylic acids is 2. The topological polar surface area (TPSA) is 58.6 Å². The number of nitrogens with zero attached hydrogens (tertiary/aromatic N) is 1. The molecule has 1 atom stereocenters. The summed E-state index contributed by atoms with van der Waals surface area (Å²) in [5, 5.41) is 2.86. The number of benzene rings is 2. The molecule has 5 nitrogen and oxygen atoms in total. The second-order valence-corrected chi connectivity index (χ2v) is 6.83. The maximum absolute atomic E-state index is 13.2. The molecule has 2 amide bonds. The molecule has 29 heavy (non-hydrogen) atoms. The summed E-state index contributed by atoms with van der Waals surface area (Å²) >= 11 is 0. The Morgan fingerprint density at radius 2 is 1.76 bits per heavy atom. The lowest BCUT2D eigenvalue weighted by Gasteiger charge is -2.29. The van der Waals surface area contributed by atoms with Crippen molar-refractivity contribution in [1.29, 1.82) is 0 Å². The molecule has 0 heterocycles. The van der Waals surface area contributed by atoms with Crippen LogP contribution in [0.25, 0.3) is 0 Å². The average Bonchev–Trinajstić information content (AvgIpc) is 2.73. The summed E-state index contributed by atoms with van der Waals surface area (Å²) in [6, 6.07) is 14.7. The lowest BCUT2D eigenvalue weighted by Crippen LogP contribution is -2.48. The van der Waals surface area contributed by atoms with Crippen LogP contribution in [0.5, 0.6) is 0 Å². The van der Waals surface area contributed by atoms with Gasteiger partial charge in [0, 0.05) is 26.3 Å². The molecule has 2 aromatic carbocycles. The molecule has 156 valence electrons. The van der Waals surface area contributed by atoms with Gasteiger partial charge in [-0.2, -0.15) is 0 Å². The molecular weight excluding hydrogens is 371 g/mol. The highest BCUT2D eigenvalue weighted by Gasteiger charge is 2.26. The van der Waals surface area contributed by atoms with Gasteiger partial charge in [-0.1, -0.05) is 42.5 Å². The SMILES string of the molecule is CCOCCCNC(=O)[C@@H](C)N(Cc1ccc(F)cc1)C(=O)Cc1ccccc1. The van der Waals surface area contributed by atoms with Crippen molar-refractivity contribution in [2.45, 2.75) is 39.3 Å². The van der Waals surface area contributed by atoms with Gasteiger partial charge in [0.1, 0.15) is 11.9 Å².